The van der Waals surface area contributed by atoms with E-state index in [9.17, 15) is 9.59 Å². The molecule has 5 heteroatoms. The highest BCUT2D eigenvalue weighted by Crippen LogP contribution is 2.41. The van der Waals surface area contributed by atoms with Crippen LogP contribution in [0.4, 0.5) is 0 Å². The van der Waals surface area contributed by atoms with Crippen molar-refractivity contribution in [2.75, 3.05) is 0 Å². The number of hydrogen-bond acceptors (Lipinski definition) is 3. The molecule has 1 aliphatic carbocycles. The number of nitrogens with one attached hydrogen (secondary N) is 2. The quantitative estimate of drug-likeness (QED) is 0.777. The molecule has 0 spiro atoms. The van der Waals surface area contributed by atoms with E-state index in [2.05, 4.69) is 30.7 Å². The maximum atomic E-state index is 11.9. The summed E-state index contributed by atoms with van der Waals surface area (Å²) < 4.78 is 0. The van der Waals surface area contributed by atoms with Crippen LogP contribution in [0, 0.1) is 11.3 Å². The Hall–Kier alpha value is -1.36. The number of hydrogen-bond donors (Lipinski definition) is 2. The molecule has 4 nitrogen and oxygen atoms in total. The lowest BCUT2D eigenvalue weighted by atomic mass is 9.72. The Morgan fingerprint density at radius 2 is 1.95 bits per heavy atom. The first-order valence-electron chi connectivity index (χ1n) is 6.63. The number of rotatable bonds is 0. The lowest BCUT2D eigenvalue weighted by molar-refractivity contribution is 0.218. The fourth-order valence-corrected chi connectivity index (χ4v) is 4.27. The summed E-state index contributed by atoms with van der Waals surface area (Å²) in [5, 5.41) is 0.701. The second-order valence-corrected chi connectivity index (χ2v) is 7.53. The van der Waals surface area contributed by atoms with Crippen molar-refractivity contribution in [3.05, 3.63) is 31.3 Å². The fourth-order valence-electron chi connectivity index (χ4n) is 2.95. The van der Waals surface area contributed by atoms with Gasteiger partial charge in [0.05, 0.1) is 5.39 Å². The first-order chi connectivity index (χ1) is 8.86. The highest BCUT2D eigenvalue weighted by molar-refractivity contribution is 7.18. The standard InChI is InChI=1S/C14H18N2O2S/c1-14(2,3)7-4-5-8-9(6-7)19-12-10(8)11(17)15-13(18)16-12/h7H,4-6H2,1-3H3,(H2,15,16,17,18). The van der Waals surface area contributed by atoms with Crippen LogP contribution in [0.1, 0.15) is 37.6 Å². The van der Waals surface area contributed by atoms with E-state index in [1.807, 2.05) is 0 Å². The predicted molar refractivity (Wildman–Crippen MR) is 78.0 cm³/mol. The van der Waals surface area contributed by atoms with Gasteiger partial charge in [-0.05, 0) is 36.2 Å². The van der Waals surface area contributed by atoms with Crippen molar-refractivity contribution in [1.82, 2.24) is 9.97 Å². The third kappa shape index (κ3) is 2.06. The van der Waals surface area contributed by atoms with E-state index < -0.39 is 5.69 Å². The smallest absolute Gasteiger partial charge is 0.298 e. The largest absolute Gasteiger partial charge is 0.326 e. The van der Waals surface area contributed by atoms with Crippen molar-refractivity contribution in [3.63, 3.8) is 0 Å². The van der Waals surface area contributed by atoms with Crippen LogP contribution in [0.15, 0.2) is 9.59 Å². The molecule has 0 amide bonds. The molecule has 0 aliphatic heterocycles. The Labute approximate surface area is 114 Å². The van der Waals surface area contributed by atoms with Gasteiger partial charge in [-0.2, -0.15) is 0 Å². The first-order valence-corrected chi connectivity index (χ1v) is 7.45. The summed E-state index contributed by atoms with van der Waals surface area (Å²) in [7, 11) is 0. The minimum absolute atomic E-state index is 0.245. The van der Waals surface area contributed by atoms with Gasteiger partial charge in [-0.3, -0.25) is 14.8 Å². The minimum Gasteiger partial charge on any atom is -0.298 e. The van der Waals surface area contributed by atoms with E-state index >= 15 is 0 Å². The van der Waals surface area contributed by atoms with Gasteiger partial charge >= 0.3 is 5.69 Å². The molecule has 0 aromatic carbocycles. The average Bonchev–Trinajstić information content (AvgIpc) is 2.64. The summed E-state index contributed by atoms with van der Waals surface area (Å²) in [4.78, 5) is 30.4. The number of aromatic amines is 2. The SMILES string of the molecule is CC(C)(C)C1CCc2c(sc3[nH]c(=O)[nH]c(=O)c23)C1. The molecule has 1 atom stereocenters. The molecule has 0 bridgehead atoms. The van der Waals surface area contributed by atoms with Crippen LogP contribution in [-0.2, 0) is 12.8 Å². The van der Waals surface area contributed by atoms with Crippen LogP contribution < -0.4 is 11.2 Å². The molecule has 0 saturated heterocycles. The Morgan fingerprint density at radius 1 is 1.21 bits per heavy atom. The predicted octanol–water partition coefficient (Wildman–Crippen LogP) is 2.43. The molecule has 0 radical (unpaired) electrons. The maximum absolute atomic E-state index is 11.9. The molecular formula is C14H18N2O2S. The van der Waals surface area contributed by atoms with Gasteiger partial charge in [0, 0.05) is 4.88 Å². The summed E-state index contributed by atoms with van der Waals surface area (Å²) in [6.45, 7) is 6.81. The zero-order chi connectivity index (χ0) is 13.8. The molecule has 2 N–H and O–H groups in total. The number of H-pyrrole nitrogens is 2. The highest BCUT2D eigenvalue weighted by Gasteiger charge is 2.31. The molecule has 0 fully saturated rings. The van der Waals surface area contributed by atoms with Crippen LogP contribution in [0.3, 0.4) is 0 Å². The molecule has 2 aromatic heterocycles. The van der Waals surface area contributed by atoms with E-state index in [0.717, 1.165) is 29.7 Å². The number of fused-ring (bicyclic) bond motifs is 3. The molecule has 2 heterocycles. The second-order valence-electron chi connectivity index (χ2n) is 6.42. The van der Waals surface area contributed by atoms with Crippen LogP contribution in [-0.4, -0.2) is 9.97 Å². The number of aromatic nitrogens is 2. The van der Waals surface area contributed by atoms with Crippen molar-refractivity contribution in [1.29, 1.82) is 0 Å². The Bertz CT molecular complexity index is 745. The molecule has 19 heavy (non-hydrogen) atoms. The second kappa shape index (κ2) is 4.07. The van der Waals surface area contributed by atoms with Gasteiger partial charge in [0.2, 0.25) is 0 Å². The van der Waals surface area contributed by atoms with Crippen LogP contribution in [0.5, 0.6) is 0 Å². The lowest BCUT2D eigenvalue weighted by Gasteiger charge is -2.33. The van der Waals surface area contributed by atoms with Crippen molar-refractivity contribution in [2.24, 2.45) is 11.3 Å². The Morgan fingerprint density at radius 3 is 2.63 bits per heavy atom. The molecule has 1 unspecified atom stereocenters. The summed E-state index contributed by atoms with van der Waals surface area (Å²) in [6.07, 6.45) is 3.06. The van der Waals surface area contributed by atoms with Crippen LogP contribution >= 0.6 is 11.3 Å². The van der Waals surface area contributed by atoms with Gasteiger partial charge < -0.3 is 0 Å². The van der Waals surface area contributed by atoms with E-state index in [1.165, 1.54) is 4.88 Å². The molecule has 1 aliphatic rings. The first kappa shape index (κ1) is 12.7. The van der Waals surface area contributed by atoms with Crippen molar-refractivity contribution in [2.45, 2.75) is 40.0 Å². The van der Waals surface area contributed by atoms with Crippen molar-refractivity contribution < 1.29 is 0 Å². The third-order valence-electron chi connectivity index (χ3n) is 4.17. The fraction of sp³-hybridized carbons (Fsp3) is 0.571. The van der Waals surface area contributed by atoms with Crippen molar-refractivity contribution >= 4 is 21.6 Å². The van der Waals surface area contributed by atoms with Gasteiger partial charge in [-0.1, -0.05) is 20.8 Å². The molecule has 2 aromatic rings. The summed E-state index contributed by atoms with van der Waals surface area (Å²) in [5.74, 6) is 0.638. The summed E-state index contributed by atoms with van der Waals surface area (Å²) in [6, 6.07) is 0. The van der Waals surface area contributed by atoms with Gasteiger partial charge in [0.15, 0.2) is 0 Å². The molecule has 102 valence electrons. The molecule has 3 rings (SSSR count). The summed E-state index contributed by atoms with van der Waals surface area (Å²) in [5.41, 5.74) is 0.778. The third-order valence-corrected chi connectivity index (χ3v) is 5.34. The monoisotopic (exact) mass is 278 g/mol. The molecular weight excluding hydrogens is 260 g/mol. The highest BCUT2D eigenvalue weighted by atomic mass is 32.1. The van der Waals surface area contributed by atoms with Gasteiger partial charge in [-0.15, -0.1) is 11.3 Å². The Balaban J connectivity index is 2.16. The van der Waals surface area contributed by atoms with Gasteiger partial charge in [0.25, 0.3) is 5.56 Å². The maximum Gasteiger partial charge on any atom is 0.326 e. The number of aryl methyl sites for hydroxylation is 1. The number of thiophene rings is 1. The van der Waals surface area contributed by atoms with Crippen molar-refractivity contribution in [3.8, 4) is 0 Å². The Kier molecular flexibility index (Phi) is 2.71. The summed E-state index contributed by atoms with van der Waals surface area (Å²) >= 11 is 1.57. The van der Waals surface area contributed by atoms with E-state index in [-0.39, 0.29) is 11.0 Å². The van der Waals surface area contributed by atoms with Crippen LogP contribution in [0.25, 0.3) is 10.2 Å². The zero-order valence-corrected chi connectivity index (χ0v) is 12.2. The zero-order valence-electron chi connectivity index (χ0n) is 11.4. The van der Waals surface area contributed by atoms with Gasteiger partial charge in [0.1, 0.15) is 4.83 Å². The minimum atomic E-state index is -0.413. The van der Waals surface area contributed by atoms with Crippen LogP contribution in [0.2, 0.25) is 0 Å². The average molecular weight is 278 g/mol. The van der Waals surface area contributed by atoms with E-state index in [1.54, 1.807) is 11.3 Å². The van der Waals surface area contributed by atoms with E-state index in [4.69, 9.17) is 0 Å². The normalized spacial score (nSPS) is 19.6. The lowest BCUT2D eigenvalue weighted by Crippen LogP contribution is -2.27. The topological polar surface area (TPSA) is 65.7 Å². The molecule has 0 saturated carbocycles. The van der Waals surface area contributed by atoms with Gasteiger partial charge in [-0.25, -0.2) is 4.79 Å². The van der Waals surface area contributed by atoms with E-state index in [0.29, 0.717) is 11.3 Å².